The maximum absolute atomic E-state index is 12.4. The second-order valence-corrected chi connectivity index (χ2v) is 6.04. The molecule has 2 aromatic rings. The molecule has 2 amide bonds. The van der Waals surface area contributed by atoms with Gasteiger partial charge >= 0.3 is 0 Å². The molecular weight excluding hydrogens is 320 g/mol. The molecular formula is C18H22N4O3. The normalized spacial score (nSPS) is 14.4. The number of carbonyl (C=O) groups excluding carboxylic acids is 2. The van der Waals surface area contributed by atoms with Gasteiger partial charge in [0.25, 0.3) is 0 Å². The molecule has 0 bridgehead atoms. The van der Waals surface area contributed by atoms with Crippen molar-refractivity contribution in [1.29, 1.82) is 0 Å². The van der Waals surface area contributed by atoms with Crippen LogP contribution in [0.2, 0.25) is 0 Å². The summed E-state index contributed by atoms with van der Waals surface area (Å²) in [4.78, 5) is 27.8. The quantitative estimate of drug-likeness (QED) is 0.803. The van der Waals surface area contributed by atoms with E-state index < -0.39 is 0 Å². The van der Waals surface area contributed by atoms with Crippen LogP contribution < -0.4 is 0 Å². The zero-order valence-electron chi connectivity index (χ0n) is 14.3. The summed E-state index contributed by atoms with van der Waals surface area (Å²) >= 11 is 0. The average molecular weight is 342 g/mol. The maximum Gasteiger partial charge on any atom is 0.242 e. The number of rotatable bonds is 5. The smallest absolute Gasteiger partial charge is 0.242 e. The fourth-order valence-corrected chi connectivity index (χ4v) is 2.70. The molecule has 7 nitrogen and oxygen atoms in total. The van der Waals surface area contributed by atoms with Crippen LogP contribution in [0.25, 0.3) is 5.69 Å². The molecule has 0 saturated carbocycles. The van der Waals surface area contributed by atoms with Gasteiger partial charge in [0.15, 0.2) is 0 Å². The van der Waals surface area contributed by atoms with E-state index in [9.17, 15) is 9.59 Å². The minimum atomic E-state index is -0.0755. The van der Waals surface area contributed by atoms with Gasteiger partial charge in [0.05, 0.1) is 31.9 Å². The Hall–Kier alpha value is -2.67. The number of carbonyl (C=O) groups is 2. The van der Waals surface area contributed by atoms with Crippen LogP contribution in [-0.4, -0.2) is 71.3 Å². The van der Waals surface area contributed by atoms with Gasteiger partial charge in [-0.2, -0.15) is 5.10 Å². The van der Waals surface area contributed by atoms with Crippen molar-refractivity contribution in [2.75, 3.05) is 39.9 Å². The monoisotopic (exact) mass is 342 g/mol. The molecule has 0 atom stereocenters. The summed E-state index contributed by atoms with van der Waals surface area (Å²) in [6.07, 6.45) is 3.86. The first-order valence-electron chi connectivity index (χ1n) is 8.32. The zero-order valence-corrected chi connectivity index (χ0v) is 14.3. The first-order valence-corrected chi connectivity index (χ1v) is 8.32. The van der Waals surface area contributed by atoms with E-state index in [1.54, 1.807) is 22.8 Å². The molecule has 0 spiro atoms. The SMILES string of the molecule is CN(CC(=O)N1CCOCC1)C(=O)Cc1ccc(-n2cccn2)cc1. The van der Waals surface area contributed by atoms with Crippen LogP contribution >= 0.6 is 0 Å². The molecule has 132 valence electrons. The number of aromatic nitrogens is 2. The Morgan fingerprint density at radius 3 is 2.56 bits per heavy atom. The zero-order chi connectivity index (χ0) is 17.6. The number of benzene rings is 1. The molecule has 25 heavy (non-hydrogen) atoms. The molecule has 0 aliphatic carbocycles. The summed E-state index contributed by atoms with van der Waals surface area (Å²) in [5.74, 6) is -0.110. The maximum atomic E-state index is 12.4. The molecule has 7 heteroatoms. The van der Waals surface area contributed by atoms with Gasteiger partial charge < -0.3 is 14.5 Å². The van der Waals surface area contributed by atoms with E-state index in [1.807, 2.05) is 36.5 Å². The van der Waals surface area contributed by atoms with Crippen molar-refractivity contribution < 1.29 is 14.3 Å². The first kappa shape index (κ1) is 17.2. The van der Waals surface area contributed by atoms with E-state index in [1.165, 1.54) is 4.90 Å². The number of ether oxygens (including phenoxy) is 1. The van der Waals surface area contributed by atoms with Crippen LogP contribution in [0.3, 0.4) is 0 Å². The topological polar surface area (TPSA) is 67.7 Å². The molecule has 0 N–H and O–H groups in total. The Balaban J connectivity index is 1.53. The standard InChI is InChI=1S/C18H22N4O3/c1-20(14-18(24)21-9-11-25-12-10-21)17(23)13-15-3-5-16(6-4-15)22-8-2-7-19-22/h2-8H,9-14H2,1H3. The van der Waals surface area contributed by atoms with E-state index in [2.05, 4.69) is 5.10 Å². The molecule has 0 unspecified atom stereocenters. The van der Waals surface area contributed by atoms with Crippen LogP contribution in [0.15, 0.2) is 42.7 Å². The van der Waals surface area contributed by atoms with Gasteiger partial charge in [-0.25, -0.2) is 4.68 Å². The lowest BCUT2D eigenvalue weighted by atomic mass is 10.1. The van der Waals surface area contributed by atoms with Gasteiger partial charge in [0, 0.05) is 32.5 Å². The second kappa shape index (κ2) is 7.94. The lowest BCUT2D eigenvalue weighted by molar-refractivity contribution is -0.141. The van der Waals surface area contributed by atoms with Gasteiger partial charge in [-0.15, -0.1) is 0 Å². The molecule has 1 saturated heterocycles. The average Bonchev–Trinajstić information content (AvgIpc) is 3.17. The minimum Gasteiger partial charge on any atom is -0.378 e. The van der Waals surface area contributed by atoms with Crippen LogP contribution in [0, 0.1) is 0 Å². The highest BCUT2D eigenvalue weighted by Gasteiger charge is 2.20. The van der Waals surface area contributed by atoms with E-state index in [0.29, 0.717) is 26.3 Å². The van der Waals surface area contributed by atoms with E-state index in [-0.39, 0.29) is 24.8 Å². The summed E-state index contributed by atoms with van der Waals surface area (Å²) < 4.78 is 7.00. The molecule has 0 radical (unpaired) electrons. The van der Waals surface area contributed by atoms with Crippen LogP contribution in [0.1, 0.15) is 5.56 Å². The highest BCUT2D eigenvalue weighted by molar-refractivity contribution is 5.85. The fourth-order valence-electron chi connectivity index (χ4n) is 2.70. The van der Waals surface area contributed by atoms with Gasteiger partial charge in [-0.3, -0.25) is 9.59 Å². The lowest BCUT2D eigenvalue weighted by Crippen LogP contribution is -2.46. The first-order chi connectivity index (χ1) is 12.1. The summed E-state index contributed by atoms with van der Waals surface area (Å²) in [7, 11) is 1.67. The van der Waals surface area contributed by atoms with Crippen LogP contribution in [0.4, 0.5) is 0 Å². The fraction of sp³-hybridized carbons (Fsp3) is 0.389. The second-order valence-electron chi connectivity index (χ2n) is 6.04. The van der Waals surface area contributed by atoms with Crippen molar-refractivity contribution in [1.82, 2.24) is 19.6 Å². The van der Waals surface area contributed by atoms with Crippen molar-refractivity contribution in [3.8, 4) is 5.69 Å². The number of likely N-dealkylation sites (N-methyl/N-ethyl adjacent to an activating group) is 1. The van der Waals surface area contributed by atoms with Crippen molar-refractivity contribution in [2.45, 2.75) is 6.42 Å². The van der Waals surface area contributed by atoms with Crippen molar-refractivity contribution in [3.63, 3.8) is 0 Å². The number of hydrogen-bond acceptors (Lipinski definition) is 4. The number of morpholine rings is 1. The third-order valence-corrected chi connectivity index (χ3v) is 4.22. The Bertz CT molecular complexity index is 706. The van der Waals surface area contributed by atoms with E-state index in [0.717, 1.165) is 11.3 Å². The molecule has 1 fully saturated rings. The van der Waals surface area contributed by atoms with Gasteiger partial charge in [0.1, 0.15) is 0 Å². The predicted octanol–water partition coefficient (Wildman–Crippen LogP) is 0.732. The third kappa shape index (κ3) is 4.45. The van der Waals surface area contributed by atoms with E-state index >= 15 is 0 Å². The van der Waals surface area contributed by atoms with Gasteiger partial charge in [-0.05, 0) is 23.8 Å². The van der Waals surface area contributed by atoms with E-state index in [4.69, 9.17) is 4.74 Å². The van der Waals surface area contributed by atoms with Crippen LogP contribution in [-0.2, 0) is 20.7 Å². The lowest BCUT2D eigenvalue weighted by Gasteiger charge is -2.28. The molecule has 1 aliphatic heterocycles. The Morgan fingerprint density at radius 2 is 1.92 bits per heavy atom. The van der Waals surface area contributed by atoms with Crippen molar-refractivity contribution >= 4 is 11.8 Å². The number of nitrogens with zero attached hydrogens (tertiary/aromatic N) is 4. The van der Waals surface area contributed by atoms with Crippen molar-refractivity contribution in [2.24, 2.45) is 0 Å². The Morgan fingerprint density at radius 1 is 1.20 bits per heavy atom. The summed E-state index contributed by atoms with van der Waals surface area (Å²) in [5, 5.41) is 4.17. The Kier molecular flexibility index (Phi) is 5.45. The predicted molar refractivity (Wildman–Crippen MR) is 92.3 cm³/mol. The molecule has 1 aliphatic rings. The molecule has 1 aromatic heterocycles. The third-order valence-electron chi connectivity index (χ3n) is 4.22. The van der Waals surface area contributed by atoms with Crippen molar-refractivity contribution in [3.05, 3.63) is 48.3 Å². The molecule has 2 heterocycles. The van der Waals surface area contributed by atoms with Gasteiger partial charge in [-0.1, -0.05) is 12.1 Å². The highest BCUT2D eigenvalue weighted by Crippen LogP contribution is 2.10. The molecule has 3 rings (SSSR count). The van der Waals surface area contributed by atoms with Crippen LogP contribution in [0.5, 0.6) is 0 Å². The van der Waals surface area contributed by atoms with Gasteiger partial charge in [0.2, 0.25) is 11.8 Å². The minimum absolute atomic E-state index is 0.0341. The highest BCUT2D eigenvalue weighted by atomic mass is 16.5. The number of hydrogen-bond donors (Lipinski definition) is 0. The molecule has 1 aromatic carbocycles. The summed E-state index contributed by atoms with van der Waals surface area (Å²) in [5.41, 5.74) is 1.85. The number of amides is 2. The Labute approximate surface area is 146 Å². The summed E-state index contributed by atoms with van der Waals surface area (Å²) in [6.45, 7) is 2.41. The summed E-state index contributed by atoms with van der Waals surface area (Å²) in [6, 6.07) is 9.53. The largest absolute Gasteiger partial charge is 0.378 e.